The molecular formula is C5H5NO3. The van der Waals surface area contributed by atoms with Crippen molar-refractivity contribution in [2.75, 3.05) is 7.11 Å². The Morgan fingerprint density at radius 2 is 2.44 bits per heavy atom. The molecule has 0 fully saturated rings. The summed E-state index contributed by atoms with van der Waals surface area (Å²) < 4.78 is 4.37. The van der Waals surface area contributed by atoms with E-state index in [2.05, 4.69) is 9.73 Å². The molecule has 0 aliphatic heterocycles. The molecule has 0 spiro atoms. The van der Waals surface area contributed by atoms with Gasteiger partial charge in [-0.05, 0) is 0 Å². The summed E-state index contributed by atoms with van der Waals surface area (Å²) in [4.78, 5) is 22.3. The summed E-state index contributed by atoms with van der Waals surface area (Å²) in [6, 6.07) is 0. The zero-order valence-electron chi connectivity index (χ0n) is 4.83. The molecule has 4 nitrogen and oxygen atoms in total. The van der Waals surface area contributed by atoms with E-state index < -0.39 is 5.91 Å². The molecule has 9 heavy (non-hydrogen) atoms. The van der Waals surface area contributed by atoms with E-state index in [1.807, 2.05) is 0 Å². The van der Waals surface area contributed by atoms with Gasteiger partial charge >= 0.3 is 0 Å². The Bertz CT molecular complexity index is 167. The van der Waals surface area contributed by atoms with Crippen LogP contribution in [0.2, 0.25) is 0 Å². The number of carbonyl (C=O) groups excluding carboxylic acids is 2. The molecule has 0 aliphatic carbocycles. The molecule has 0 N–H and O–H groups in total. The van der Waals surface area contributed by atoms with E-state index in [1.54, 1.807) is 0 Å². The van der Waals surface area contributed by atoms with Crippen molar-refractivity contribution >= 4 is 12.0 Å². The van der Waals surface area contributed by atoms with Crippen LogP contribution in [0, 0.1) is 0 Å². The number of hydrogen-bond acceptors (Lipinski definition) is 3. The van der Waals surface area contributed by atoms with Crippen molar-refractivity contribution in [3.8, 4) is 0 Å². The highest BCUT2D eigenvalue weighted by molar-refractivity contribution is 5.91. The second-order valence-electron chi connectivity index (χ2n) is 1.08. The third-order valence-electron chi connectivity index (χ3n) is 0.503. The molecule has 0 bridgehead atoms. The standard InChI is InChI=1S/C5H5NO3/c1-9-3-2-5(8)6-4-7/h2-3H,1H3. The Balaban J connectivity index is 3.77. The van der Waals surface area contributed by atoms with E-state index in [1.165, 1.54) is 7.11 Å². The smallest absolute Gasteiger partial charge is 0.283 e. The van der Waals surface area contributed by atoms with Crippen LogP contribution in [-0.2, 0) is 14.3 Å². The predicted octanol–water partition coefficient (Wildman–Crippen LogP) is 0.00890. The van der Waals surface area contributed by atoms with Gasteiger partial charge in [-0.2, -0.15) is 0 Å². The van der Waals surface area contributed by atoms with Gasteiger partial charge in [0.05, 0.1) is 13.4 Å². The molecule has 1 amide bonds. The quantitative estimate of drug-likeness (QED) is 0.227. The molecule has 0 saturated heterocycles. The third kappa shape index (κ3) is 4.44. The van der Waals surface area contributed by atoms with Gasteiger partial charge in [0.15, 0.2) is 0 Å². The molecule has 0 aromatic carbocycles. The van der Waals surface area contributed by atoms with Crippen LogP contribution in [0.25, 0.3) is 0 Å². The van der Waals surface area contributed by atoms with Crippen LogP contribution < -0.4 is 0 Å². The maximum Gasteiger partial charge on any atom is 0.283 e. The monoisotopic (exact) mass is 127 g/mol. The number of carbonyl (C=O) groups is 1. The molecule has 0 atom stereocenters. The third-order valence-corrected chi connectivity index (χ3v) is 0.503. The highest BCUT2D eigenvalue weighted by Crippen LogP contribution is 1.76. The molecule has 48 valence electrons. The summed E-state index contributed by atoms with van der Waals surface area (Å²) in [6.07, 6.45) is 3.24. The maximum atomic E-state index is 10.2. The molecule has 0 aromatic heterocycles. The molecule has 0 heterocycles. The fourth-order valence-electron chi connectivity index (χ4n) is 0.209. The van der Waals surface area contributed by atoms with Crippen molar-refractivity contribution < 1.29 is 14.3 Å². The first-order valence-corrected chi connectivity index (χ1v) is 2.12. The minimum Gasteiger partial charge on any atom is -0.504 e. The average molecular weight is 127 g/mol. The normalized spacial score (nSPS) is 8.56. The summed E-state index contributed by atoms with van der Waals surface area (Å²) in [7, 11) is 1.38. The Morgan fingerprint density at radius 1 is 1.78 bits per heavy atom. The van der Waals surface area contributed by atoms with Gasteiger partial charge in [-0.1, -0.05) is 0 Å². The fraction of sp³-hybridized carbons (Fsp3) is 0.200. The predicted molar refractivity (Wildman–Crippen MR) is 29.3 cm³/mol. The minimum absolute atomic E-state index is 0.674. The largest absolute Gasteiger partial charge is 0.504 e. The van der Waals surface area contributed by atoms with Gasteiger partial charge in [0.2, 0.25) is 6.08 Å². The zero-order valence-corrected chi connectivity index (χ0v) is 4.83. The van der Waals surface area contributed by atoms with Gasteiger partial charge < -0.3 is 4.74 Å². The second kappa shape index (κ2) is 4.74. The van der Waals surface area contributed by atoms with Gasteiger partial charge in [0.1, 0.15) is 0 Å². The van der Waals surface area contributed by atoms with Gasteiger partial charge in [0.25, 0.3) is 5.91 Å². The number of nitrogens with zero attached hydrogens (tertiary/aromatic N) is 1. The first kappa shape index (κ1) is 7.59. The van der Waals surface area contributed by atoms with Crippen LogP contribution in [0.3, 0.4) is 0 Å². The molecule has 0 saturated carbocycles. The minimum atomic E-state index is -0.674. The summed E-state index contributed by atoms with van der Waals surface area (Å²) in [5, 5.41) is 0. The highest BCUT2D eigenvalue weighted by Gasteiger charge is 1.86. The lowest BCUT2D eigenvalue weighted by molar-refractivity contribution is -0.113. The SMILES string of the molecule is COC=CC(=O)N=C=O. The van der Waals surface area contributed by atoms with E-state index in [-0.39, 0.29) is 0 Å². The van der Waals surface area contributed by atoms with Crippen LogP contribution >= 0.6 is 0 Å². The number of methoxy groups -OCH3 is 1. The summed E-state index contributed by atoms with van der Waals surface area (Å²) in [5.41, 5.74) is 0. The molecule has 0 unspecified atom stereocenters. The maximum absolute atomic E-state index is 10.2. The highest BCUT2D eigenvalue weighted by atomic mass is 16.5. The zero-order chi connectivity index (χ0) is 7.11. The number of amides is 1. The number of ether oxygens (including phenoxy) is 1. The Hall–Kier alpha value is -1.41. The van der Waals surface area contributed by atoms with Crippen molar-refractivity contribution in [3.05, 3.63) is 12.3 Å². The lowest BCUT2D eigenvalue weighted by Gasteiger charge is -1.80. The lowest BCUT2D eigenvalue weighted by Crippen LogP contribution is -1.84. The number of aliphatic imine (C=N–C) groups is 1. The Labute approximate surface area is 51.8 Å². The van der Waals surface area contributed by atoms with Crippen LogP contribution in [0.4, 0.5) is 0 Å². The van der Waals surface area contributed by atoms with Gasteiger partial charge in [0, 0.05) is 6.08 Å². The topological polar surface area (TPSA) is 55.7 Å². The van der Waals surface area contributed by atoms with Crippen molar-refractivity contribution in [1.29, 1.82) is 0 Å². The summed E-state index contributed by atoms with van der Waals surface area (Å²) in [6.45, 7) is 0. The van der Waals surface area contributed by atoms with E-state index in [9.17, 15) is 9.59 Å². The van der Waals surface area contributed by atoms with Gasteiger partial charge in [-0.15, -0.1) is 4.99 Å². The molecule has 0 radical (unpaired) electrons. The number of hydrogen-bond donors (Lipinski definition) is 0. The van der Waals surface area contributed by atoms with Crippen LogP contribution in [0.15, 0.2) is 17.3 Å². The van der Waals surface area contributed by atoms with E-state index >= 15 is 0 Å². The van der Waals surface area contributed by atoms with Crippen LogP contribution in [0.5, 0.6) is 0 Å². The fourth-order valence-corrected chi connectivity index (χ4v) is 0.209. The van der Waals surface area contributed by atoms with Gasteiger partial charge in [-0.3, -0.25) is 4.79 Å². The van der Waals surface area contributed by atoms with Crippen LogP contribution in [-0.4, -0.2) is 19.1 Å². The Morgan fingerprint density at radius 3 is 2.89 bits per heavy atom. The first-order chi connectivity index (χ1) is 4.31. The summed E-state index contributed by atoms with van der Waals surface area (Å²) in [5.74, 6) is -0.674. The van der Waals surface area contributed by atoms with Crippen molar-refractivity contribution in [1.82, 2.24) is 0 Å². The second-order valence-corrected chi connectivity index (χ2v) is 1.08. The molecule has 0 rings (SSSR count). The van der Waals surface area contributed by atoms with E-state index in [0.29, 0.717) is 0 Å². The van der Waals surface area contributed by atoms with Crippen molar-refractivity contribution in [2.24, 2.45) is 4.99 Å². The number of rotatable bonds is 2. The molecule has 0 aliphatic rings. The number of isocyanates is 1. The van der Waals surface area contributed by atoms with Crippen molar-refractivity contribution in [3.63, 3.8) is 0 Å². The Kier molecular flexibility index (Phi) is 4.00. The molecule has 4 heteroatoms. The molecular weight excluding hydrogens is 122 g/mol. The average Bonchev–Trinajstić information content (AvgIpc) is 1.85. The van der Waals surface area contributed by atoms with E-state index in [0.717, 1.165) is 18.4 Å². The van der Waals surface area contributed by atoms with Crippen molar-refractivity contribution in [2.45, 2.75) is 0 Å². The first-order valence-electron chi connectivity index (χ1n) is 2.12. The van der Waals surface area contributed by atoms with E-state index in [4.69, 9.17) is 0 Å². The summed E-state index contributed by atoms with van der Waals surface area (Å²) >= 11 is 0. The van der Waals surface area contributed by atoms with Crippen LogP contribution in [0.1, 0.15) is 0 Å². The molecule has 0 aromatic rings. The lowest BCUT2D eigenvalue weighted by atomic mass is 10.6. The van der Waals surface area contributed by atoms with Gasteiger partial charge in [-0.25, -0.2) is 4.79 Å².